The van der Waals surface area contributed by atoms with Crippen LogP contribution in [0.15, 0.2) is 115 Å². The molecule has 0 aliphatic carbocycles. The van der Waals surface area contributed by atoms with Crippen LogP contribution >= 0.6 is 0 Å². The number of aromatic nitrogens is 3. The minimum atomic E-state index is -1.80. The Morgan fingerprint density at radius 3 is 1.94 bits per heavy atom. The van der Waals surface area contributed by atoms with Crippen LogP contribution in [0.25, 0.3) is 21.7 Å². The van der Waals surface area contributed by atoms with Crippen LogP contribution in [-0.2, 0) is 78.4 Å². The molecule has 9 atom stereocenters. The van der Waals surface area contributed by atoms with Gasteiger partial charge in [-0.25, -0.2) is 4.98 Å². The number of aliphatic hydroxyl groups excluding tert-OH is 1. The predicted octanol–water partition coefficient (Wildman–Crippen LogP) is -1.28. The van der Waals surface area contributed by atoms with Crippen LogP contribution in [0.4, 0.5) is 0 Å². The summed E-state index contributed by atoms with van der Waals surface area (Å²) in [6, 6.07) is 13.6. The molecule has 2 aliphatic heterocycles. The Balaban J connectivity index is 1.07. The van der Waals surface area contributed by atoms with Crippen molar-refractivity contribution in [2.45, 2.75) is 139 Å². The summed E-state index contributed by atoms with van der Waals surface area (Å²) in [7, 11) is 1.40. The van der Waals surface area contributed by atoms with E-state index in [2.05, 4.69) is 62.5 Å². The van der Waals surface area contributed by atoms with Crippen molar-refractivity contribution in [2.75, 3.05) is 33.3 Å². The van der Waals surface area contributed by atoms with Gasteiger partial charge in [0, 0.05) is 81.2 Å². The number of nitrogens with one attached hydrogen (secondary N) is 10. The van der Waals surface area contributed by atoms with Crippen LogP contribution in [0, 0.1) is 5.92 Å². The molecular weight excluding hydrogens is 1250 g/mol. The summed E-state index contributed by atoms with van der Waals surface area (Å²) in [6.07, 6.45) is 4.95. The van der Waals surface area contributed by atoms with Gasteiger partial charge < -0.3 is 89.7 Å². The maximum atomic E-state index is 15.2. The summed E-state index contributed by atoms with van der Waals surface area (Å²) in [4.78, 5) is 171. The van der Waals surface area contributed by atoms with E-state index in [-0.39, 0.29) is 101 Å². The number of likely N-dealkylation sites (N-methyl/N-ethyl adjacent to an activating group) is 1. The normalized spacial score (nSPS) is 16.5. The smallest absolute Gasteiger partial charge is 0.246 e. The van der Waals surface area contributed by atoms with E-state index in [1.54, 1.807) is 36.5 Å². The van der Waals surface area contributed by atoms with Crippen LogP contribution in [0.1, 0.15) is 81.2 Å². The number of carbonyl (C=O) groups excluding carboxylic acids is 11. The number of imidazole rings is 1. The molecule has 0 bridgehead atoms. The Kier molecular flexibility index (Phi) is 25.2. The van der Waals surface area contributed by atoms with Crippen molar-refractivity contribution < 1.29 is 63.0 Å². The number of primary amides is 1. The topological polar surface area (TPSA) is 466 Å². The standard InChI is InChI=1S/C67H85N17O13/c1-37(2)26-52(65(96)83(3)55(14-8-24-72-67(69)70)66(97)84-25-9-15-54(84)64(95)74-34-56(68)87)81-60(91)49(29-39-16-19-40-10-4-5-11-41(40)27-39)77-59(90)48(28-38-17-20-44(86)21-18-38)78-63(94)53(35-85)82-61(92)50(30-42-32-73-46-13-7-6-12-45(42)46)79-62(93)51(31-43-33-71-36-75-43)80-58(89)47-22-23-57(88)76-47/h4-7,10-13,16-21,27,32-33,36-37,47-55,73,85-86H,8-9,14-15,22-26,28-31,34-35H2,1-3H3,(H2,68,87)(H,71,75)(H,74,95)(H,76,88)(H,77,90)(H,78,94)(H,79,93)(H,80,89)(H,81,91)(H,82,92)(H4,69,70,72)/t47-,48-,49+,50-,51-,52-,53-,54-,55-/m0/s1. The molecule has 18 N–H and O–H groups in total. The number of phenols is 1. The van der Waals surface area contributed by atoms with Crippen LogP contribution < -0.4 is 59.7 Å². The van der Waals surface area contributed by atoms with E-state index in [0.29, 0.717) is 39.7 Å². The lowest BCUT2D eigenvalue weighted by Gasteiger charge is -2.35. The number of amides is 11. The monoisotopic (exact) mass is 1340 g/mol. The number of para-hydroxylation sites is 1. The van der Waals surface area contributed by atoms with E-state index in [1.807, 2.05) is 50.2 Å². The van der Waals surface area contributed by atoms with Crippen LogP contribution in [-0.4, -0.2) is 194 Å². The highest BCUT2D eigenvalue weighted by Crippen LogP contribution is 2.25. The summed E-state index contributed by atoms with van der Waals surface area (Å²) in [5.41, 5.74) is 19.2. The van der Waals surface area contributed by atoms with Gasteiger partial charge in [-0.05, 0) is 90.1 Å². The number of nitrogens with zero attached hydrogens (tertiary/aromatic N) is 4. The number of aromatic hydroxyl groups is 1. The molecule has 0 unspecified atom stereocenters. The minimum absolute atomic E-state index is 0.0166. The van der Waals surface area contributed by atoms with E-state index in [9.17, 15) is 48.6 Å². The lowest BCUT2D eigenvalue weighted by Crippen LogP contribution is -2.61. The molecular formula is C67H85N17O13. The third-order valence-electron chi connectivity index (χ3n) is 17.0. The number of likely N-dealkylation sites (tertiary alicyclic amines) is 1. The Labute approximate surface area is 558 Å². The van der Waals surface area contributed by atoms with E-state index in [0.717, 1.165) is 10.8 Å². The highest BCUT2D eigenvalue weighted by Gasteiger charge is 2.42. The highest BCUT2D eigenvalue weighted by molar-refractivity contribution is 6.00. The minimum Gasteiger partial charge on any atom is -0.508 e. The number of H-pyrrole nitrogens is 2. The van der Waals surface area contributed by atoms with Gasteiger partial charge in [-0.2, -0.15) is 0 Å². The molecule has 2 fully saturated rings. The van der Waals surface area contributed by atoms with Gasteiger partial charge in [0.05, 0.1) is 19.5 Å². The summed E-state index contributed by atoms with van der Waals surface area (Å²) >= 11 is 0. The number of fused-ring (bicyclic) bond motifs is 2. The molecule has 0 spiro atoms. The number of rotatable bonds is 33. The fourth-order valence-electron chi connectivity index (χ4n) is 11.9. The zero-order chi connectivity index (χ0) is 69.9. The molecule has 2 aliphatic rings. The number of carbonyl (C=O) groups is 11. The first-order valence-corrected chi connectivity index (χ1v) is 32.1. The highest BCUT2D eigenvalue weighted by atomic mass is 16.3. The second-order valence-electron chi connectivity index (χ2n) is 24.7. The molecule has 6 aromatic rings. The van der Waals surface area contributed by atoms with Crippen LogP contribution in [0.3, 0.4) is 0 Å². The van der Waals surface area contributed by atoms with Crippen LogP contribution in [0.2, 0.25) is 0 Å². The zero-order valence-corrected chi connectivity index (χ0v) is 54.2. The Morgan fingerprint density at radius 1 is 0.701 bits per heavy atom. The molecule has 516 valence electrons. The molecule has 97 heavy (non-hydrogen) atoms. The van der Waals surface area contributed by atoms with Crippen molar-refractivity contribution in [3.63, 3.8) is 0 Å². The maximum Gasteiger partial charge on any atom is 0.246 e. The number of guanidine groups is 1. The first-order valence-electron chi connectivity index (χ1n) is 32.1. The zero-order valence-electron chi connectivity index (χ0n) is 54.2. The van der Waals surface area contributed by atoms with Gasteiger partial charge in [0.1, 0.15) is 60.1 Å². The number of aliphatic imine (C=N–C) groups is 1. The molecule has 2 aromatic heterocycles. The predicted molar refractivity (Wildman–Crippen MR) is 356 cm³/mol. The van der Waals surface area contributed by atoms with Crippen molar-refractivity contribution in [3.8, 4) is 5.75 Å². The van der Waals surface area contributed by atoms with Crippen molar-refractivity contribution >= 4 is 92.6 Å². The van der Waals surface area contributed by atoms with Gasteiger partial charge >= 0.3 is 0 Å². The Bertz CT molecular complexity index is 3840. The van der Waals surface area contributed by atoms with Gasteiger partial charge in [0.15, 0.2) is 5.96 Å². The lowest BCUT2D eigenvalue weighted by molar-refractivity contribution is -0.149. The summed E-state index contributed by atoms with van der Waals surface area (Å²) in [5, 5.41) is 44.9. The molecule has 30 nitrogen and oxygen atoms in total. The van der Waals surface area contributed by atoms with E-state index in [4.69, 9.17) is 17.2 Å². The van der Waals surface area contributed by atoms with Crippen molar-refractivity contribution in [3.05, 3.63) is 132 Å². The molecule has 4 heterocycles. The molecule has 4 aromatic carbocycles. The second-order valence-corrected chi connectivity index (χ2v) is 24.7. The van der Waals surface area contributed by atoms with Crippen molar-refractivity contribution in [1.29, 1.82) is 0 Å². The number of benzene rings is 4. The van der Waals surface area contributed by atoms with Gasteiger partial charge in [-0.3, -0.25) is 57.7 Å². The van der Waals surface area contributed by atoms with E-state index >= 15 is 14.4 Å². The number of nitrogens with two attached hydrogens (primary N) is 3. The van der Waals surface area contributed by atoms with Crippen LogP contribution in [0.5, 0.6) is 5.75 Å². The van der Waals surface area contributed by atoms with E-state index in [1.165, 1.54) is 53.6 Å². The molecule has 8 rings (SSSR count). The first-order chi connectivity index (χ1) is 46.4. The lowest BCUT2D eigenvalue weighted by atomic mass is 9.98. The largest absolute Gasteiger partial charge is 0.508 e. The molecule has 2 saturated heterocycles. The quantitative estimate of drug-likeness (QED) is 0.0130. The third kappa shape index (κ3) is 20.1. The average Bonchev–Trinajstić information content (AvgIpc) is 1.79. The van der Waals surface area contributed by atoms with Crippen molar-refractivity contribution in [1.82, 2.24) is 67.3 Å². The van der Waals surface area contributed by atoms with E-state index < -0.39 is 127 Å². The third-order valence-corrected chi connectivity index (χ3v) is 17.0. The van der Waals surface area contributed by atoms with Gasteiger partial charge in [0.25, 0.3) is 0 Å². The fourth-order valence-corrected chi connectivity index (χ4v) is 11.9. The van der Waals surface area contributed by atoms with Gasteiger partial charge in [0.2, 0.25) is 65.0 Å². The van der Waals surface area contributed by atoms with Crippen molar-refractivity contribution in [2.24, 2.45) is 28.1 Å². The summed E-state index contributed by atoms with van der Waals surface area (Å²) in [6.45, 7) is 2.38. The first kappa shape index (κ1) is 71.9. The number of hydrogen-bond acceptors (Lipinski definition) is 15. The fraction of sp³-hybridized carbons (Fsp3) is 0.418. The Hall–Kier alpha value is -10.9. The van der Waals surface area contributed by atoms with Gasteiger partial charge in [-0.1, -0.05) is 86.6 Å². The van der Waals surface area contributed by atoms with Gasteiger partial charge in [-0.15, -0.1) is 0 Å². The molecule has 30 heteroatoms. The molecule has 11 amide bonds. The Morgan fingerprint density at radius 2 is 1.31 bits per heavy atom. The number of phenolic OH excluding ortho intramolecular Hbond substituents is 1. The maximum absolute atomic E-state index is 15.2. The SMILES string of the molecule is CC(C)C[C@H](NC(=O)[C@@H](Cc1ccc2ccccc2c1)NC(=O)[C@H](Cc1ccc(O)cc1)NC(=O)[C@H](CO)NC(=O)[C@H](Cc1c[nH]c2ccccc12)NC(=O)[C@H](Cc1cnc[nH]1)NC(=O)[C@@H]1CCC(=O)N1)C(=O)N(C)[C@@H](CCCN=C(N)N)C(=O)N1CCC[C@H]1C(=O)NCC(N)=O. The number of aromatic amines is 2. The average molecular weight is 1340 g/mol. The second kappa shape index (κ2) is 34.0. The number of aliphatic hydroxyl groups is 1. The number of hydrogen-bond donors (Lipinski definition) is 15. The summed E-state index contributed by atoms with van der Waals surface area (Å²) < 4.78 is 0. The molecule has 0 radical (unpaired) electrons. The molecule has 0 saturated carbocycles. The summed E-state index contributed by atoms with van der Waals surface area (Å²) in [5.74, 6) is -8.85.